The molecule has 2 rings (SSSR count). The van der Waals surface area contributed by atoms with Gasteiger partial charge in [-0.3, -0.25) is 0 Å². The molecule has 1 aromatic carbocycles. The third kappa shape index (κ3) is 3.28. The molecule has 0 fully saturated rings. The standard InChI is InChI=1S/C11H12N2O2S2/c1-17(14,15)7-8-2-4-9(5-3-8)10-6-16-11(12)13-10/h2-6H,7H2,1H3,(H2,12,13). The Kier molecular flexibility index (Phi) is 3.17. The Morgan fingerprint density at radius 2 is 1.94 bits per heavy atom. The average Bonchev–Trinajstić information content (AvgIpc) is 2.63. The zero-order chi connectivity index (χ0) is 12.5. The van der Waals surface area contributed by atoms with Crippen LogP contribution in [0.5, 0.6) is 0 Å². The van der Waals surface area contributed by atoms with Gasteiger partial charge in [0.05, 0.1) is 11.4 Å². The first-order valence-electron chi connectivity index (χ1n) is 4.92. The van der Waals surface area contributed by atoms with Crippen LogP contribution in [0.4, 0.5) is 5.13 Å². The Morgan fingerprint density at radius 1 is 1.29 bits per heavy atom. The van der Waals surface area contributed by atoms with Gasteiger partial charge in [0.15, 0.2) is 15.0 Å². The maximum absolute atomic E-state index is 11.1. The van der Waals surface area contributed by atoms with Crippen molar-refractivity contribution in [3.8, 4) is 11.3 Å². The monoisotopic (exact) mass is 268 g/mol. The minimum Gasteiger partial charge on any atom is -0.375 e. The molecule has 0 amide bonds. The van der Waals surface area contributed by atoms with Crippen LogP contribution in [-0.2, 0) is 15.6 Å². The van der Waals surface area contributed by atoms with Crippen molar-refractivity contribution in [1.29, 1.82) is 0 Å². The Labute approximate surface area is 104 Å². The van der Waals surface area contributed by atoms with Crippen molar-refractivity contribution in [2.75, 3.05) is 12.0 Å². The number of nitrogens with two attached hydrogens (primary N) is 1. The van der Waals surface area contributed by atoms with Crippen LogP contribution in [-0.4, -0.2) is 19.7 Å². The van der Waals surface area contributed by atoms with Gasteiger partial charge in [0.25, 0.3) is 0 Å². The van der Waals surface area contributed by atoms with E-state index in [0.717, 1.165) is 16.8 Å². The largest absolute Gasteiger partial charge is 0.375 e. The SMILES string of the molecule is CS(=O)(=O)Cc1ccc(-c2csc(N)n2)cc1. The topological polar surface area (TPSA) is 73.0 Å². The first kappa shape index (κ1) is 12.1. The van der Waals surface area contributed by atoms with Crippen molar-refractivity contribution in [2.45, 2.75) is 5.75 Å². The molecule has 0 bridgehead atoms. The van der Waals surface area contributed by atoms with E-state index >= 15 is 0 Å². The molecule has 4 nitrogen and oxygen atoms in total. The summed E-state index contributed by atoms with van der Waals surface area (Å²) < 4.78 is 22.3. The van der Waals surface area contributed by atoms with Crippen LogP contribution in [0.3, 0.4) is 0 Å². The van der Waals surface area contributed by atoms with Crippen LogP contribution in [0, 0.1) is 0 Å². The highest BCUT2D eigenvalue weighted by Crippen LogP contribution is 2.23. The minimum atomic E-state index is -2.98. The maximum Gasteiger partial charge on any atom is 0.180 e. The van der Waals surface area contributed by atoms with E-state index in [1.807, 2.05) is 17.5 Å². The lowest BCUT2D eigenvalue weighted by Crippen LogP contribution is -2.00. The van der Waals surface area contributed by atoms with Gasteiger partial charge in [0.1, 0.15) is 0 Å². The zero-order valence-corrected chi connectivity index (χ0v) is 10.9. The fourth-order valence-electron chi connectivity index (χ4n) is 1.49. The van der Waals surface area contributed by atoms with E-state index in [-0.39, 0.29) is 5.75 Å². The van der Waals surface area contributed by atoms with Crippen molar-refractivity contribution < 1.29 is 8.42 Å². The third-order valence-electron chi connectivity index (χ3n) is 2.20. The van der Waals surface area contributed by atoms with Gasteiger partial charge < -0.3 is 5.73 Å². The molecule has 0 aliphatic heterocycles. The number of hydrogen-bond acceptors (Lipinski definition) is 5. The van der Waals surface area contributed by atoms with Crippen LogP contribution in [0.25, 0.3) is 11.3 Å². The molecule has 0 saturated carbocycles. The summed E-state index contributed by atoms with van der Waals surface area (Å²) in [5.74, 6) is 0.0620. The van der Waals surface area contributed by atoms with Gasteiger partial charge in [-0.2, -0.15) is 0 Å². The Balaban J connectivity index is 2.24. The van der Waals surface area contributed by atoms with E-state index in [0.29, 0.717) is 5.13 Å². The molecule has 0 spiro atoms. The fraction of sp³-hybridized carbons (Fsp3) is 0.182. The lowest BCUT2D eigenvalue weighted by atomic mass is 10.1. The quantitative estimate of drug-likeness (QED) is 0.923. The summed E-state index contributed by atoms with van der Waals surface area (Å²) in [6.45, 7) is 0. The molecule has 1 heterocycles. The van der Waals surface area contributed by atoms with Crippen LogP contribution >= 0.6 is 11.3 Å². The molecule has 2 aromatic rings. The number of rotatable bonds is 3. The molecular weight excluding hydrogens is 256 g/mol. The molecule has 17 heavy (non-hydrogen) atoms. The molecule has 0 aliphatic rings. The van der Waals surface area contributed by atoms with Gasteiger partial charge in [0.2, 0.25) is 0 Å². The zero-order valence-electron chi connectivity index (χ0n) is 9.25. The number of anilines is 1. The Bertz CT molecular complexity index is 615. The maximum atomic E-state index is 11.1. The van der Waals surface area contributed by atoms with E-state index in [2.05, 4.69) is 4.98 Å². The summed E-state index contributed by atoms with van der Waals surface area (Å²) in [4.78, 5) is 4.16. The lowest BCUT2D eigenvalue weighted by Gasteiger charge is -2.01. The Morgan fingerprint density at radius 3 is 2.41 bits per heavy atom. The van der Waals surface area contributed by atoms with Crippen molar-refractivity contribution in [2.24, 2.45) is 0 Å². The minimum absolute atomic E-state index is 0.0620. The van der Waals surface area contributed by atoms with Crippen LogP contribution < -0.4 is 5.73 Å². The predicted molar refractivity (Wildman–Crippen MR) is 70.5 cm³/mol. The molecule has 0 atom stereocenters. The molecule has 0 radical (unpaired) electrons. The highest BCUT2D eigenvalue weighted by Gasteiger charge is 2.06. The summed E-state index contributed by atoms with van der Waals surface area (Å²) in [5.41, 5.74) is 8.09. The summed E-state index contributed by atoms with van der Waals surface area (Å²) in [7, 11) is -2.98. The number of hydrogen-bond donors (Lipinski definition) is 1. The molecular formula is C11H12N2O2S2. The highest BCUT2D eigenvalue weighted by atomic mass is 32.2. The van der Waals surface area contributed by atoms with E-state index < -0.39 is 9.84 Å². The number of nitrogens with zero attached hydrogens (tertiary/aromatic N) is 1. The lowest BCUT2D eigenvalue weighted by molar-refractivity contribution is 0.601. The Hall–Kier alpha value is -1.40. The summed E-state index contributed by atoms with van der Waals surface area (Å²) in [6.07, 6.45) is 1.22. The van der Waals surface area contributed by atoms with Gasteiger partial charge in [0, 0.05) is 17.2 Å². The summed E-state index contributed by atoms with van der Waals surface area (Å²) >= 11 is 1.38. The normalized spacial score (nSPS) is 11.6. The van der Waals surface area contributed by atoms with Crippen LogP contribution in [0.2, 0.25) is 0 Å². The summed E-state index contributed by atoms with van der Waals surface area (Å²) in [6, 6.07) is 7.31. The van der Waals surface area contributed by atoms with Crippen molar-refractivity contribution in [1.82, 2.24) is 4.98 Å². The molecule has 2 N–H and O–H groups in total. The first-order valence-corrected chi connectivity index (χ1v) is 7.86. The van der Waals surface area contributed by atoms with Crippen LogP contribution in [0.15, 0.2) is 29.6 Å². The number of aromatic nitrogens is 1. The smallest absolute Gasteiger partial charge is 0.180 e. The molecule has 0 aliphatic carbocycles. The number of nitrogen functional groups attached to an aromatic ring is 1. The van der Waals surface area contributed by atoms with Crippen molar-refractivity contribution >= 4 is 26.3 Å². The molecule has 0 unspecified atom stereocenters. The molecule has 90 valence electrons. The highest BCUT2D eigenvalue weighted by molar-refractivity contribution is 7.89. The number of thiazole rings is 1. The van der Waals surface area contributed by atoms with E-state index in [4.69, 9.17) is 5.73 Å². The van der Waals surface area contributed by atoms with Gasteiger partial charge >= 0.3 is 0 Å². The number of sulfone groups is 1. The van der Waals surface area contributed by atoms with Crippen LogP contribution in [0.1, 0.15) is 5.56 Å². The van der Waals surface area contributed by atoms with Gasteiger partial charge in [-0.15, -0.1) is 11.3 Å². The van der Waals surface area contributed by atoms with Crippen molar-refractivity contribution in [3.63, 3.8) is 0 Å². The molecule has 0 saturated heterocycles. The third-order valence-corrected chi connectivity index (χ3v) is 3.73. The summed E-state index contributed by atoms with van der Waals surface area (Å²) in [5, 5.41) is 2.40. The van der Waals surface area contributed by atoms with Crippen molar-refractivity contribution in [3.05, 3.63) is 35.2 Å². The second-order valence-electron chi connectivity index (χ2n) is 3.84. The molecule has 1 aromatic heterocycles. The van der Waals surface area contributed by atoms with E-state index in [1.165, 1.54) is 17.6 Å². The fourth-order valence-corrected chi connectivity index (χ4v) is 2.86. The second-order valence-corrected chi connectivity index (χ2v) is 6.87. The van der Waals surface area contributed by atoms with E-state index in [1.54, 1.807) is 12.1 Å². The first-order chi connectivity index (χ1) is 7.94. The second kappa shape index (κ2) is 4.46. The van der Waals surface area contributed by atoms with Gasteiger partial charge in [-0.25, -0.2) is 13.4 Å². The van der Waals surface area contributed by atoms with Gasteiger partial charge in [-0.1, -0.05) is 24.3 Å². The van der Waals surface area contributed by atoms with E-state index in [9.17, 15) is 8.42 Å². The number of benzene rings is 1. The predicted octanol–water partition coefficient (Wildman–Crippen LogP) is 1.94. The average molecular weight is 268 g/mol. The molecule has 6 heteroatoms. The van der Waals surface area contributed by atoms with Gasteiger partial charge in [-0.05, 0) is 5.56 Å².